The highest BCUT2D eigenvalue weighted by Crippen LogP contribution is 2.28. The fourth-order valence-electron chi connectivity index (χ4n) is 2.77. The Balaban J connectivity index is 2.17. The number of halogens is 4. The van der Waals surface area contributed by atoms with Crippen LogP contribution in [0, 0.1) is 0 Å². The van der Waals surface area contributed by atoms with E-state index in [0.29, 0.717) is 32.4 Å². The zero-order chi connectivity index (χ0) is 23.0. The molecular weight excluding hydrogens is 482 g/mol. The summed E-state index contributed by atoms with van der Waals surface area (Å²) >= 11 is 24.1. The van der Waals surface area contributed by atoms with E-state index in [1.807, 2.05) is 6.92 Å². The van der Waals surface area contributed by atoms with Crippen LogP contribution in [0.5, 0.6) is 5.75 Å². The van der Waals surface area contributed by atoms with E-state index in [1.54, 1.807) is 37.3 Å². The summed E-state index contributed by atoms with van der Waals surface area (Å²) in [5, 5.41) is 4.39. The zero-order valence-corrected chi connectivity index (χ0v) is 20.3. The van der Waals surface area contributed by atoms with Crippen LogP contribution in [0.1, 0.15) is 32.3 Å². The average Bonchev–Trinajstić information content (AvgIpc) is 2.73. The van der Waals surface area contributed by atoms with Gasteiger partial charge < -0.3 is 15.0 Å². The SMILES string of the molecule is CCCCNC(=O)[C@@H](C)N(Cc1ccc(Cl)c(Cl)c1)C(=O)COc1ccc(Cl)cc1Cl. The molecule has 0 unspecified atom stereocenters. The second-order valence-electron chi connectivity index (χ2n) is 6.95. The first-order valence-corrected chi connectivity index (χ1v) is 11.3. The Morgan fingerprint density at radius 1 is 1.03 bits per heavy atom. The van der Waals surface area contributed by atoms with Gasteiger partial charge in [-0.2, -0.15) is 0 Å². The van der Waals surface area contributed by atoms with Crippen molar-refractivity contribution in [2.45, 2.75) is 39.3 Å². The van der Waals surface area contributed by atoms with Crippen molar-refractivity contribution in [3.05, 3.63) is 62.1 Å². The van der Waals surface area contributed by atoms with Crippen LogP contribution in [0.3, 0.4) is 0 Å². The van der Waals surface area contributed by atoms with Gasteiger partial charge in [0, 0.05) is 18.1 Å². The second kappa shape index (κ2) is 12.4. The highest BCUT2D eigenvalue weighted by Gasteiger charge is 2.26. The molecule has 1 atom stereocenters. The lowest BCUT2D eigenvalue weighted by Gasteiger charge is -2.29. The van der Waals surface area contributed by atoms with Gasteiger partial charge >= 0.3 is 0 Å². The molecule has 0 heterocycles. The zero-order valence-electron chi connectivity index (χ0n) is 17.3. The number of rotatable bonds is 10. The average molecular weight is 506 g/mol. The maximum Gasteiger partial charge on any atom is 0.261 e. The molecule has 168 valence electrons. The predicted molar refractivity (Wildman–Crippen MR) is 126 cm³/mol. The number of carbonyl (C=O) groups excluding carboxylic acids is 2. The van der Waals surface area contributed by atoms with Crippen LogP contribution in [0.15, 0.2) is 36.4 Å². The molecule has 5 nitrogen and oxygen atoms in total. The van der Waals surface area contributed by atoms with Gasteiger partial charge in [-0.15, -0.1) is 0 Å². The van der Waals surface area contributed by atoms with Crippen molar-refractivity contribution in [3.63, 3.8) is 0 Å². The minimum atomic E-state index is -0.719. The molecule has 0 radical (unpaired) electrons. The number of ether oxygens (including phenoxy) is 1. The van der Waals surface area contributed by atoms with Crippen LogP contribution in [0.25, 0.3) is 0 Å². The molecule has 0 aliphatic carbocycles. The normalized spacial score (nSPS) is 11.7. The summed E-state index contributed by atoms with van der Waals surface area (Å²) in [7, 11) is 0. The molecule has 31 heavy (non-hydrogen) atoms. The number of amides is 2. The Bertz CT molecular complexity index is 924. The molecule has 0 saturated carbocycles. The van der Waals surface area contributed by atoms with Crippen molar-refractivity contribution >= 4 is 58.2 Å². The summed E-state index contributed by atoms with van der Waals surface area (Å²) < 4.78 is 5.58. The van der Waals surface area contributed by atoms with Crippen LogP contribution in [-0.4, -0.2) is 35.9 Å². The fraction of sp³-hybridized carbons (Fsp3) is 0.364. The highest BCUT2D eigenvalue weighted by atomic mass is 35.5. The summed E-state index contributed by atoms with van der Waals surface area (Å²) in [4.78, 5) is 27.1. The fourth-order valence-corrected chi connectivity index (χ4v) is 3.55. The standard InChI is InChI=1S/C22H24Cl4N2O3/c1-3-4-9-27-22(30)14(2)28(12-15-5-7-17(24)18(25)10-15)21(29)13-31-20-8-6-16(23)11-19(20)26/h5-8,10-11,14H,3-4,9,12-13H2,1-2H3,(H,27,30)/t14-/m1/s1. The van der Waals surface area contributed by atoms with E-state index in [2.05, 4.69) is 5.32 Å². The van der Waals surface area contributed by atoms with Crippen molar-refractivity contribution in [3.8, 4) is 5.75 Å². The molecule has 2 aromatic rings. The minimum absolute atomic E-state index is 0.162. The number of hydrogen-bond donors (Lipinski definition) is 1. The molecule has 0 saturated heterocycles. The summed E-state index contributed by atoms with van der Waals surface area (Å²) in [6.45, 7) is 4.12. The van der Waals surface area contributed by atoms with Crippen molar-refractivity contribution in [2.75, 3.05) is 13.2 Å². The minimum Gasteiger partial charge on any atom is -0.482 e. The Labute approximate surface area is 202 Å². The summed E-state index contributed by atoms with van der Waals surface area (Å²) in [5.74, 6) is -0.296. The molecule has 0 fully saturated rings. The first-order valence-electron chi connectivity index (χ1n) is 9.81. The molecule has 2 aromatic carbocycles. The van der Waals surface area contributed by atoms with Crippen LogP contribution in [-0.2, 0) is 16.1 Å². The maximum atomic E-state index is 13.0. The van der Waals surface area contributed by atoms with Gasteiger partial charge in [0.25, 0.3) is 5.91 Å². The molecule has 9 heteroatoms. The Kier molecular flexibility index (Phi) is 10.2. The predicted octanol–water partition coefficient (Wildman–Crippen LogP) is 6.01. The van der Waals surface area contributed by atoms with Gasteiger partial charge in [0.05, 0.1) is 15.1 Å². The van der Waals surface area contributed by atoms with Gasteiger partial charge in [0.1, 0.15) is 11.8 Å². The molecule has 0 spiro atoms. The molecule has 0 aromatic heterocycles. The van der Waals surface area contributed by atoms with Gasteiger partial charge in [-0.1, -0.05) is 65.8 Å². The van der Waals surface area contributed by atoms with Crippen LogP contribution >= 0.6 is 46.4 Å². The molecule has 0 aliphatic rings. The molecule has 2 amide bonds. The summed E-state index contributed by atoms with van der Waals surface area (Å²) in [6.07, 6.45) is 1.81. The van der Waals surface area contributed by atoms with Gasteiger partial charge in [0.15, 0.2) is 6.61 Å². The first-order chi connectivity index (χ1) is 14.7. The maximum absolute atomic E-state index is 13.0. The van der Waals surface area contributed by atoms with Crippen molar-refractivity contribution in [1.29, 1.82) is 0 Å². The molecule has 0 bridgehead atoms. The van der Waals surface area contributed by atoms with E-state index < -0.39 is 6.04 Å². The smallest absolute Gasteiger partial charge is 0.261 e. The monoisotopic (exact) mass is 504 g/mol. The van der Waals surface area contributed by atoms with Crippen molar-refractivity contribution in [1.82, 2.24) is 10.2 Å². The lowest BCUT2D eigenvalue weighted by Crippen LogP contribution is -2.49. The topological polar surface area (TPSA) is 58.6 Å². The third-order valence-corrected chi connectivity index (χ3v) is 5.85. The largest absolute Gasteiger partial charge is 0.482 e. The van der Waals surface area contributed by atoms with E-state index >= 15 is 0 Å². The molecular formula is C22H24Cl4N2O3. The van der Waals surface area contributed by atoms with Gasteiger partial charge in [-0.3, -0.25) is 9.59 Å². The number of benzene rings is 2. The van der Waals surface area contributed by atoms with E-state index in [1.165, 1.54) is 11.0 Å². The molecule has 2 rings (SSSR count). The third-order valence-electron chi connectivity index (χ3n) is 4.58. The number of hydrogen-bond acceptors (Lipinski definition) is 3. The van der Waals surface area contributed by atoms with Crippen LogP contribution < -0.4 is 10.1 Å². The van der Waals surface area contributed by atoms with Crippen molar-refractivity contribution in [2.24, 2.45) is 0 Å². The van der Waals surface area contributed by atoms with E-state index in [4.69, 9.17) is 51.1 Å². The Morgan fingerprint density at radius 3 is 2.42 bits per heavy atom. The number of nitrogens with one attached hydrogen (secondary N) is 1. The van der Waals surface area contributed by atoms with Gasteiger partial charge in [0.2, 0.25) is 5.91 Å². The first kappa shape index (κ1) is 25.6. The third kappa shape index (κ3) is 7.76. The number of nitrogens with zero attached hydrogens (tertiary/aromatic N) is 1. The lowest BCUT2D eigenvalue weighted by molar-refractivity contribution is -0.142. The lowest BCUT2D eigenvalue weighted by atomic mass is 10.1. The molecule has 1 N–H and O–H groups in total. The number of carbonyl (C=O) groups is 2. The van der Waals surface area contributed by atoms with Crippen LogP contribution in [0.4, 0.5) is 0 Å². The molecule has 0 aliphatic heterocycles. The highest BCUT2D eigenvalue weighted by molar-refractivity contribution is 6.42. The Morgan fingerprint density at radius 2 is 1.77 bits per heavy atom. The number of unbranched alkanes of at least 4 members (excludes halogenated alkanes) is 1. The second-order valence-corrected chi connectivity index (χ2v) is 8.61. The quantitative estimate of drug-likeness (QED) is 0.402. The van der Waals surface area contributed by atoms with E-state index in [-0.39, 0.29) is 25.0 Å². The summed E-state index contributed by atoms with van der Waals surface area (Å²) in [5.41, 5.74) is 0.737. The van der Waals surface area contributed by atoms with E-state index in [0.717, 1.165) is 18.4 Å². The Hall–Kier alpha value is -1.66. The summed E-state index contributed by atoms with van der Waals surface area (Å²) in [6, 6.07) is 9.09. The van der Waals surface area contributed by atoms with Gasteiger partial charge in [-0.25, -0.2) is 0 Å². The van der Waals surface area contributed by atoms with E-state index in [9.17, 15) is 9.59 Å². The van der Waals surface area contributed by atoms with Crippen molar-refractivity contribution < 1.29 is 14.3 Å². The van der Waals surface area contributed by atoms with Crippen LogP contribution in [0.2, 0.25) is 20.1 Å². The van der Waals surface area contributed by atoms with Gasteiger partial charge in [-0.05, 0) is 49.2 Å².